The van der Waals surface area contributed by atoms with E-state index in [0.717, 1.165) is 17.7 Å². The Morgan fingerprint density at radius 1 is 1.62 bits per heavy atom. The number of carbonyl (C=O) groups is 1. The highest BCUT2D eigenvalue weighted by atomic mass is 32.1. The van der Waals surface area contributed by atoms with Gasteiger partial charge in [-0.2, -0.15) is 0 Å². The Balaban J connectivity index is 1.76. The van der Waals surface area contributed by atoms with Crippen molar-refractivity contribution in [1.82, 2.24) is 5.32 Å². The molecule has 88 valence electrons. The Labute approximate surface area is 98.8 Å². The molecule has 1 aliphatic heterocycles. The predicted octanol–water partition coefficient (Wildman–Crippen LogP) is 0.871. The molecule has 0 spiro atoms. The molecule has 1 aromatic heterocycles. The third-order valence-electron chi connectivity index (χ3n) is 2.68. The fourth-order valence-electron chi connectivity index (χ4n) is 1.77. The zero-order chi connectivity index (χ0) is 11.4. The van der Waals surface area contributed by atoms with E-state index >= 15 is 0 Å². The number of hydrogen-bond acceptors (Lipinski definition) is 4. The normalized spacial score (nSPS) is 24.6. The van der Waals surface area contributed by atoms with Gasteiger partial charge in [-0.3, -0.25) is 4.79 Å². The van der Waals surface area contributed by atoms with Crippen molar-refractivity contribution in [3.63, 3.8) is 0 Å². The molecule has 2 atom stereocenters. The molecule has 0 aromatic carbocycles. The van der Waals surface area contributed by atoms with Crippen LogP contribution in [-0.4, -0.2) is 24.7 Å². The summed E-state index contributed by atoms with van der Waals surface area (Å²) in [4.78, 5) is 12.9. The lowest BCUT2D eigenvalue weighted by molar-refractivity contribution is -0.132. The average Bonchev–Trinajstić information content (AvgIpc) is 2.96. The van der Waals surface area contributed by atoms with E-state index in [4.69, 9.17) is 10.5 Å². The van der Waals surface area contributed by atoms with E-state index in [9.17, 15) is 4.79 Å². The highest BCUT2D eigenvalue weighted by Gasteiger charge is 2.29. The van der Waals surface area contributed by atoms with E-state index in [1.54, 1.807) is 11.3 Å². The fourth-order valence-corrected chi connectivity index (χ4v) is 2.42. The molecular weight excluding hydrogens is 224 g/mol. The third kappa shape index (κ3) is 2.81. The van der Waals surface area contributed by atoms with Crippen molar-refractivity contribution in [3.8, 4) is 0 Å². The van der Waals surface area contributed by atoms with Gasteiger partial charge in [-0.15, -0.1) is 11.3 Å². The van der Waals surface area contributed by atoms with Gasteiger partial charge in [-0.25, -0.2) is 0 Å². The van der Waals surface area contributed by atoms with Crippen LogP contribution in [0.2, 0.25) is 0 Å². The average molecular weight is 240 g/mol. The summed E-state index contributed by atoms with van der Waals surface area (Å²) in [5.41, 5.74) is 5.49. The zero-order valence-electron chi connectivity index (χ0n) is 9.02. The van der Waals surface area contributed by atoms with Crippen LogP contribution >= 0.6 is 11.3 Å². The molecule has 2 heterocycles. The summed E-state index contributed by atoms with van der Waals surface area (Å²) < 4.78 is 5.51. The second-order valence-corrected chi connectivity index (χ2v) is 4.89. The molecule has 0 bridgehead atoms. The lowest BCUT2D eigenvalue weighted by Gasteiger charge is -2.12. The Morgan fingerprint density at radius 3 is 3.12 bits per heavy atom. The topological polar surface area (TPSA) is 64.4 Å². The molecule has 4 nitrogen and oxygen atoms in total. The minimum atomic E-state index is -0.312. The molecule has 3 N–H and O–H groups in total. The van der Waals surface area contributed by atoms with Crippen molar-refractivity contribution in [3.05, 3.63) is 22.4 Å². The summed E-state index contributed by atoms with van der Waals surface area (Å²) in [5.74, 6) is -0.0237. The van der Waals surface area contributed by atoms with Crippen LogP contribution in [0.25, 0.3) is 0 Å². The largest absolute Gasteiger partial charge is 0.364 e. The number of nitrogens with two attached hydrogens (primary N) is 1. The molecule has 1 amide bonds. The summed E-state index contributed by atoms with van der Waals surface area (Å²) in [7, 11) is 0. The van der Waals surface area contributed by atoms with Gasteiger partial charge in [0.2, 0.25) is 5.91 Å². The van der Waals surface area contributed by atoms with E-state index < -0.39 is 0 Å². The second-order valence-electron chi connectivity index (χ2n) is 3.86. The van der Waals surface area contributed by atoms with Crippen molar-refractivity contribution >= 4 is 17.2 Å². The number of rotatable bonds is 4. The Morgan fingerprint density at radius 2 is 2.50 bits per heavy atom. The lowest BCUT2D eigenvalue weighted by atomic mass is 10.2. The Kier molecular flexibility index (Phi) is 3.93. The maximum absolute atomic E-state index is 11.7. The highest BCUT2D eigenvalue weighted by Crippen LogP contribution is 2.19. The Hall–Kier alpha value is -0.910. The molecule has 0 saturated carbocycles. The van der Waals surface area contributed by atoms with Gasteiger partial charge in [0, 0.05) is 11.4 Å². The van der Waals surface area contributed by atoms with Crippen molar-refractivity contribution in [2.75, 3.05) is 6.54 Å². The van der Waals surface area contributed by atoms with E-state index in [1.165, 1.54) is 0 Å². The Bertz CT molecular complexity index is 340. The molecule has 5 heteroatoms. The number of amides is 1. The standard InChI is InChI=1S/C11H16N2O2S/c12-6-8-3-4-10(15-8)11(14)13-7-9-2-1-5-16-9/h1-2,5,8,10H,3-4,6-7,12H2,(H,13,14). The molecule has 1 fully saturated rings. The van der Waals surface area contributed by atoms with E-state index in [2.05, 4.69) is 5.32 Å². The summed E-state index contributed by atoms with van der Waals surface area (Å²) in [6.45, 7) is 1.08. The van der Waals surface area contributed by atoms with Gasteiger partial charge in [-0.05, 0) is 24.3 Å². The van der Waals surface area contributed by atoms with Crippen LogP contribution in [0.3, 0.4) is 0 Å². The highest BCUT2D eigenvalue weighted by molar-refractivity contribution is 7.09. The number of ether oxygens (including phenoxy) is 1. The van der Waals surface area contributed by atoms with Gasteiger partial charge in [0.15, 0.2) is 0 Å². The lowest BCUT2D eigenvalue weighted by Crippen LogP contribution is -2.34. The summed E-state index contributed by atoms with van der Waals surface area (Å²) >= 11 is 1.64. The van der Waals surface area contributed by atoms with Gasteiger partial charge >= 0.3 is 0 Å². The monoisotopic (exact) mass is 240 g/mol. The number of hydrogen-bond donors (Lipinski definition) is 2. The van der Waals surface area contributed by atoms with Crippen LogP contribution in [0.5, 0.6) is 0 Å². The number of carbonyl (C=O) groups excluding carboxylic acids is 1. The molecule has 2 rings (SSSR count). The van der Waals surface area contributed by atoms with Crippen LogP contribution in [-0.2, 0) is 16.1 Å². The first-order valence-electron chi connectivity index (χ1n) is 5.45. The van der Waals surface area contributed by atoms with Gasteiger partial charge in [-0.1, -0.05) is 6.07 Å². The van der Waals surface area contributed by atoms with Crippen LogP contribution < -0.4 is 11.1 Å². The zero-order valence-corrected chi connectivity index (χ0v) is 9.83. The second kappa shape index (κ2) is 5.43. The molecule has 1 aromatic rings. The van der Waals surface area contributed by atoms with E-state index in [1.807, 2.05) is 17.5 Å². The summed E-state index contributed by atoms with van der Waals surface area (Å²) in [5, 5.41) is 4.88. The smallest absolute Gasteiger partial charge is 0.249 e. The van der Waals surface area contributed by atoms with Gasteiger partial charge in [0.05, 0.1) is 12.6 Å². The summed E-state index contributed by atoms with van der Waals surface area (Å²) in [6, 6.07) is 3.98. The maximum atomic E-state index is 11.7. The quantitative estimate of drug-likeness (QED) is 0.821. The fraction of sp³-hybridized carbons (Fsp3) is 0.545. The first-order chi connectivity index (χ1) is 7.79. The van der Waals surface area contributed by atoms with E-state index in [-0.39, 0.29) is 18.1 Å². The molecule has 16 heavy (non-hydrogen) atoms. The molecule has 0 aliphatic carbocycles. The third-order valence-corrected chi connectivity index (χ3v) is 3.56. The van der Waals surface area contributed by atoms with Gasteiger partial charge in [0.25, 0.3) is 0 Å². The summed E-state index contributed by atoms with van der Waals surface area (Å²) in [6.07, 6.45) is 1.40. The van der Waals surface area contributed by atoms with Gasteiger partial charge < -0.3 is 15.8 Å². The van der Waals surface area contributed by atoms with Crippen LogP contribution in [0.4, 0.5) is 0 Å². The molecule has 2 unspecified atom stereocenters. The molecule has 1 aliphatic rings. The first-order valence-corrected chi connectivity index (χ1v) is 6.33. The predicted molar refractivity (Wildman–Crippen MR) is 63.1 cm³/mol. The van der Waals surface area contributed by atoms with Crippen LogP contribution in [0, 0.1) is 0 Å². The van der Waals surface area contributed by atoms with Crippen molar-refractivity contribution in [2.45, 2.75) is 31.6 Å². The maximum Gasteiger partial charge on any atom is 0.249 e. The molecular formula is C11H16N2O2S. The van der Waals surface area contributed by atoms with Crippen molar-refractivity contribution in [2.24, 2.45) is 5.73 Å². The molecule has 1 saturated heterocycles. The minimum absolute atomic E-state index is 0.0237. The van der Waals surface area contributed by atoms with Crippen LogP contribution in [0.1, 0.15) is 17.7 Å². The number of nitrogens with one attached hydrogen (secondary N) is 1. The first kappa shape index (κ1) is 11.6. The van der Waals surface area contributed by atoms with Crippen LogP contribution in [0.15, 0.2) is 17.5 Å². The van der Waals surface area contributed by atoms with Crippen molar-refractivity contribution < 1.29 is 9.53 Å². The SMILES string of the molecule is NCC1CCC(C(=O)NCc2cccs2)O1. The van der Waals surface area contributed by atoms with Gasteiger partial charge in [0.1, 0.15) is 6.10 Å². The number of thiophene rings is 1. The molecule has 0 radical (unpaired) electrons. The van der Waals surface area contributed by atoms with Crippen molar-refractivity contribution in [1.29, 1.82) is 0 Å². The minimum Gasteiger partial charge on any atom is -0.364 e. The van der Waals surface area contributed by atoms with E-state index in [0.29, 0.717) is 13.1 Å².